The summed E-state index contributed by atoms with van der Waals surface area (Å²) in [7, 11) is 0. The molecule has 0 aliphatic heterocycles. The first-order valence-corrected chi connectivity index (χ1v) is 14.8. The molecule has 0 aromatic heterocycles. The van der Waals surface area contributed by atoms with Gasteiger partial charge in [0.05, 0.1) is 12.0 Å². The molecular weight excluding hydrogens is 392 g/mol. The number of carbonyl (C=O) groups is 1. The van der Waals surface area contributed by atoms with Crippen LogP contribution in [0.4, 0.5) is 0 Å². The third-order valence-corrected chi connectivity index (χ3v) is 7.14. The van der Waals surface area contributed by atoms with E-state index < -0.39 is 0 Å². The van der Waals surface area contributed by atoms with Crippen molar-refractivity contribution in [3.63, 3.8) is 0 Å². The second-order valence-electron chi connectivity index (χ2n) is 10.6. The van der Waals surface area contributed by atoms with Crippen LogP contribution in [0, 0.1) is 5.41 Å². The lowest BCUT2D eigenvalue weighted by Gasteiger charge is -2.27. The Morgan fingerprint density at radius 1 is 0.500 bits per heavy atom. The van der Waals surface area contributed by atoms with Gasteiger partial charge in [-0.2, -0.15) is 0 Å². The van der Waals surface area contributed by atoms with Crippen molar-refractivity contribution in [1.82, 2.24) is 0 Å². The van der Waals surface area contributed by atoms with Crippen molar-refractivity contribution in [2.24, 2.45) is 5.41 Å². The summed E-state index contributed by atoms with van der Waals surface area (Å²) in [6, 6.07) is 0. The monoisotopic (exact) mass is 452 g/mol. The van der Waals surface area contributed by atoms with Gasteiger partial charge in [-0.1, -0.05) is 149 Å². The van der Waals surface area contributed by atoms with Gasteiger partial charge in [0, 0.05) is 0 Å². The highest BCUT2D eigenvalue weighted by atomic mass is 16.5. The summed E-state index contributed by atoms with van der Waals surface area (Å²) in [5.74, 6) is 0.0820. The van der Waals surface area contributed by atoms with E-state index in [-0.39, 0.29) is 11.4 Å². The summed E-state index contributed by atoms with van der Waals surface area (Å²) in [5, 5.41) is 0. The minimum atomic E-state index is -0.269. The maximum Gasteiger partial charge on any atom is 0.311 e. The van der Waals surface area contributed by atoms with Crippen molar-refractivity contribution in [2.75, 3.05) is 6.61 Å². The Labute approximate surface area is 203 Å². The van der Waals surface area contributed by atoms with E-state index in [0.717, 1.165) is 19.3 Å². The molecule has 0 radical (unpaired) electrons. The van der Waals surface area contributed by atoms with Crippen LogP contribution in [0.2, 0.25) is 0 Å². The van der Waals surface area contributed by atoms with Gasteiger partial charge >= 0.3 is 5.97 Å². The van der Waals surface area contributed by atoms with Gasteiger partial charge in [0.25, 0.3) is 0 Å². The Kier molecular flexibility index (Phi) is 23.2. The minimum Gasteiger partial charge on any atom is -0.465 e. The normalized spacial score (nSPS) is 13.2. The van der Waals surface area contributed by atoms with Crippen molar-refractivity contribution >= 4 is 5.97 Å². The van der Waals surface area contributed by atoms with E-state index >= 15 is 0 Å². The summed E-state index contributed by atoms with van der Waals surface area (Å²) in [6.07, 6.45) is 29.2. The Balaban J connectivity index is 4.15. The average molecular weight is 453 g/mol. The summed E-state index contributed by atoms with van der Waals surface area (Å²) >= 11 is 0. The van der Waals surface area contributed by atoms with Crippen LogP contribution in [0.3, 0.4) is 0 Å². The van der Waals surface area contributed by atoms with Crippen LogP contribution < -0.4 is 0 Å². The molecule has 0 fully saturated rings. The zero-order valence-electron chi connectivity index (χ0n) is 22.8. The zero-order valence-corrected chi connectivity index (χ0v) is 22.8. The molecule has 2 nitrogen and oxygen atoms in total. The quantitative estimate of drug-likeness (QED) is 0.102. The van der Waals surface area contributed by atoms with E-state index in [1.165, 1.54) is 128 Å². The lowest BCUT2D eigenvalue weighted by Crippen LogP contribution is -2.30. The fourth-order valence-electron chi connectivity index (χ4n) is 4.67. The van der Waals surface area contributed by atoms with Gasteiger partial charge in [0.2, 0.25) is 0 Å². The Morgan fingerprint density at radius 2 is 0.812 bits per heavy atom. The molecule has 0 rings (SSSR count). The van der Waals surface area contributed by atoms with E-state index in [9.17, 15) is 4.79 Å². The number of esters is 1. The number of hydrogen-bond acceptors (Lipinski definition) is 2. The molecule has 0 aromatic carbocycles. The smallest absolute Gasteiger partial charge is 0.311 e. The third kappa shape index (κ3) is 19.0. The molecule has 0 heterocycles. The number of unbranched alkanes of at least 4 members (excludes halogenated alkanes) is 18. The highest BCUT2D eigenvalue weighted by molar-refractivity contribution is 5.76. The highest BCUT2D eigenvalue weighted by Crippen LogP contribution is 2.33. The average Bonchev–Trinajstić information content (AvgIpc) is 2.79. The fraction of sp³-hybridized carbons (Fsp3) is 0.967. The van der Waals surface area contributed by atoms with Crippen molar-refractivity contribution in [3.05, 3.63) is 0 Å². The molecule has 0 bridgehead atoms. The number of carbonyl (C=O) groups excluding carboxylic acids is 1. The van der Waals surface area contributed by atoms with E-state index in [4.69, 9.17) is 4.74 Å². The van der Waals surface area contributed by atoms with Crippen molar-refractivity contribution in [1.29, 1.82) is 0 Å². The Bertz CT molecular complexity index is 392. The third-order valence-electron chi connectivity index (χ3n) is 7.14. The summed E-state index contributed by atoms with van der Waals surface area (Å²) < 4.78 is 5.82. The Hall–Kier alpha value is -0.530. The maximum absolute atomic E-state index is 13.0. The van der Waals surface area contributed by atoms with Crippen LogP contribution in [0.5, 0.6) is 0 Å². The van der Waals surface area contributed by atoms with E-state index in [2.05, 4.69) is 27.7 Å². The maximum atomic E-state index is 13.0. The lowest BCUT2D eigenvalue weighted by atomic mass is 9.79. The van der Waals surface area contributed by atoms with Gasteiger partial charge in [-0.25, -0.2) is 0 Å². The molecule has 0 N–H and O–H groups in total. The van der Waals surface area contributed by atoms with Crippen molar-refractivity contribution < 1.29 is 9.53 Å². The number of ether oxygens (including phenoxy) is 1. The number of hydrogen-bond donors (Lipinski definition) is 0. The van der Waals surface area contributed by atoms with Gasteiger partial charge in [0.15, 0.2) is 0 Å². The van der Waals surface area contributed by atoms with E-state index in [0.29, 0.717) is 6.61 Å². The summed E-state index contributed by atoms with van der Waals surface area (Å²) in [5.41, 5.74) is -0.269. The van der Waals surface area contributed by atoms with Gasteiger partial charge in [-0.3, -0.25) is 4.79 Å². The molecule has 0 saturated heterocycles. The zero-order chi connectivity index (χ0) is 23.8. The fourth-order valence-corrected chi connectivity index (χ4v) is 4.67. The van der Waals surface area contributed by atoms with Crippen LogP contribution >= 0.6 is 0 Å². The molecule has 192 valence electrons. The predicted octanol–water partition coefficient (Wildman–Crippen LogP) is 10.6. The largest absolute Gasteiger partial charge is 0.465 e. The van der Waals surface area contributed by atoms with Crippen molar-refractivity contribution in [2.45, 2.75) is 175 Å². The van der Waals surface area contributed by atoms with Crippen LogP contribution in [0.15, 0.2) is 0 Å². The minimum absolute atomic E-state index is 0.0820. The highest BCUT2D eigenvalue weighted by Gasteiger charge is 2.33. The standard InChI is InChI=1S/C30H60O2/c1-5-8-11-14-16-17-19-22-25-28-32-29(31)30(4,26-23-20-13-10-7-3)27-24-21-18-15-12-9-6-2/h5-28H2,1-4H3. The first-order chi connectivity index (χ1) is 15.6. The van der Waals surface area contributed by atoms with Gasteiger partial charge in [0.1, 0.15) is 0 Å². The van der Waals surface area contributed by atoms with E-state index in [1.54, 1.807) is 0 Å². The molecule has 0 aliphatic rings. The summed E-state index contributed by atoms with van der Waals surface area (Å²) in [4.78, 5) is 13.0. The summed E-state index contributed by atoms with van der Waals surface area (Å²) in [6.45, 7) is 9.60. The Morgan fingerprint density at radius 3 is 1.19 bits per heavy atom. The SMILES string of the molecule is CCCCCCCCCCCOC(=O)C(C)(CCCCCCC)CCCCCCCCC. The second kappa shape index (κ2) is 23.6. The first-order valence-electron chi connectivity index (χ1n) is 14.8. The molecule has 32 heavy (non-hydrogen) atoms. The topological polar surface area (TPSA) is 26.3 Å². The molecule has 1 atom stereocenters. The van der Waals surface area contributed by atoms with Crippen LogP contribution in [0.1, 0.15) is 175 Å². The van der Waals surface area contributed by atoms with Crippen LogP contribution in [-0.4, -0.2) is 12.6 Å². The molecule has 0 saturated carbocycles. The van der Waals surface area contributed by atoms with Gasteiger partial charge in [-0.15, -0.1) is 0 Å². The first kappa shape index (κ1) is 31.5. The second-order valence-corrected chi connectivity index (χ2v) is 10.6. The molecule has 0 aliphatic carbocycles. The van der Waals surface area contributed by atoms with Gasteiger partial charge < -0.3 is 4.74 Å². The van der Waals surface area contributed by atoms with Crippen LogP contribution in [-0.2, 0) is 9.53 Å². The van der Waals surface area contributed by atoms with Crippen LogP contribution in [0.25, 0.3) is 0 Å². The molecule has 1 unspecified atom stereocenters. The molecule has 0 spiro atoms. The lowest BCUT2D eigenvalue weighted by molar-refractivity contribution is -0.156. The molecule has 0 amide bonds. The van der Waals surface area contributed by atoms with E-state index in [1.807, 2.05) is 0 Å². The molecular formula is C30H60O2. The number of rotatable bonds is 25. The van der Waals surface area contributed by atoms with Crippen molar-refractivity contribution in [3.8, 4) is 0 Å². The predicted molar refractivity (Wildman–Crippen MR) is 142 cm³/mol. The molecule has 2 heteroatoms. The van der Waals surface area contributed by atoms with Gasteiger partial charge in [-0.05, 0) is 26.2 Å². The molecule has 0 aromatic rings.